The molecule has 104 valence electrons. The number of aryl methyl sites for hydroxylation is 2. The van der Waals surface area contributed by atoms with E-state index >= 15 is 0 Å². The summed E-state index contributed by atoms with van der Waals surface area (Å²) in [7, 11) is 0. The summed E-state index contributed by atoms with van der Waals surface area (Å²) < 4.78 is 5.33. The van der Waals surface area contributed by atoms with E-state index < -0.39 is 5.97 Å². The normalized spacial score (nSPS) is 10.6. The third-order valence-corrected chi connectivity index (χ3v) is 3.15. The van der Waals surface area contributed by atoms with Crippen LogP contribution in [0.5, 0.6) is 5.75 Å². The highest BCUT2D eigenvalue weighted by Gasteiger charge is 2.10. The summed E-state index contributed by atoms with van der Waals surface area (Å²) in [5.41, 5.74) is 3.64. The van der Waals surface area contributed by atoms with Crippen LogP contribution in [-0.4, -0.2) is 20.9 Å². The SMILES string of the molecule is Cc1nc2ccc(OC(=O)c3cccnc3)cc2nc1C. The maximum atomic E-state index is 12.0. The molecule has 0 spiro atoms. The van der Waals surface area contributed by atoms with Crippen molar-refractivity contribution in [1.29, 1.82) is 0 Å². The maximum absolute atomic E-state index is 12.0. The molecule has 0 fully saturated rings. The molecule has 2 aromatic heterocycles. The number of hydrogen-bond donors (Lipinski definition) is 0. The van der Waals surface area contributed by atoms with Gasteiger partial charge in [0.25, 0.3) is 0 Å². The van der Waals surface area contributed by atoms with Gasteiger partial charge in [-0.3, -0.25) is 4.98 Å². The highest BCUT2D eigenvalue weighted by molar-refractivity contribution is 5.91. The van der Waals surface area contributed by atoms with Crippen molar-refractivity contribution in [2.45, 2.75) is 13.8 Å². The molecule has 21 heavy (non-hydrogen) atoms. The third kappa shape index (κ3) is 2.72. The Labute approximate surface area is 121 Å². The lowest BCUT2D eigenvalue weighted by atomic mass is 10.2. The summed E-state index contributed by atoms with van der Waals surface area (Å²) >= 11 is 0. The van der Waals surface area contributed by atoms with E-state index in [-0.39, 0.29) is 0 Å². The number of carbonyl (C=O) groups is 1. The first-order chi connectivity index (χ1) is 10.1. The molecule has 5 heteroatoms. The molecule has 2 heterocycles. The quantitative estimate of drug-likeness (QED) is 0.533. The molecular weight excluding hydrogens is 266 g/mol. The van der Waals surface area contributed by atoms with Crippen LogP contribution in [0, 0.1) is 13.8 Å². The van der Waals surface area contributed by atoms with Crippen molar-refractivity contribution in [2.24, 2.45) is 0 Å². The third-order valence-electron chi connectivity index (χ3n) is 3.15. The number of ether oxygens (including phenoxy) is 1. The predicted octanol–water partition coefficient (Wildman–Crippen LogP) is 2.86. The number of rotatable bonds is 2. The number of fused-ring (bicyclic) bond motifs is 1. The van der Waals surface area contributed by atoms with Gasteiger partial charge in [-0.2, -0.15) is 0 Å². The topological polar surface area (TPSA) is 65.0 Å². The first kappa shape index (κ1) is 13.2. The minimum absolute atomic E-state index is 0.406. The van der Waals surface area contributed by atoms with E-state index in [1.807, 2.05) is 13.8 Å². The van der Waals surface area contributed by atoms with E-state index in [0.29, 0.717) is 16.8 Å². The molecule has 0 unspecified atom stereocenters. The number of pyridine rings is 1. The van der Waals surface area contributed by atoms with Crippen molar-refractivity contribution < 1.29 is 9.53 Å². The second kappa shape index (κ2) is 5.28. The zero-order valence-corrected chi connectivity index (χ0v) is 11.7. The largest absolute Gasteiger partial charge is 0.423 e. The number of carbonyl (C=O) groups excluding carboxylic acids is 1. The molecule has 0 aliphatic rings. The molecule has 0 bridgehead atoms. The van der Waals surface area contributed by atoms with Crippen LogP contribution in [0.25, 0.3) is 11.0 Å². The van der Waals surface area contributed by atoms with Crippen LogP contribution in [0.4, 0.5) is 0 Å². The van der Waals surface area contributed by atoms with Gasteiger partial charge in [-0.15, -0.1) is 0 Å². The molecular formula is C16H13N3O2. The van der Waals surface area contributed by atoms with E-state index in [2.05, 4.69) is 15.0 Å². The Bertz CT molecular complexity index is 816. The summed E-state index contributed by atoms with van der Waals surface area (Å²) in [4.78, 5) is 24.8. The van der Waals surface area contributed by atoms with E-state index in [4.69, 9.17) is 4.74 Å². The Hall–Kier alpha value is -2.82. The van der Waals surface area contributed by atoms with Gasteiger partial charge in [0, 0.05) is 18.5 Å². The van der Waals surface area contributed by atoms with Gasteiger partial charge in [0.1, 0.15) is 5.75 Å². The molecule has 0 N–H and O–H groups in total. The summed E-state index contributed by atoms with van der Waals surface area (Å²) in [6.07, 6.45) is 3.07. The van der Waals surface area contributed by atoms with Crippen LogP contribution in [-0.2, 0) is 0 Å². The Morgan fingerprint density at radius 2 is 1.81 bits per heavy atom. The highest BCUT2D eigenvalue weighted by Crippen LogP contribution is 2.20. The maximum Gasteiger partial charge on any atom is 0.345 e. The first-order valence-electron chi connectivity index (χ1n) is 6.51. The lowest BCUT2D eigenvalue weighted by Crippen LogP contribution is -2.08. The molecule has 0 aliphatic heterocycles. The molecule has 3 rings (SSSR count). The van der Waals surface area contributed by atoms with Crippen molar-refractivity contribution >= 4 is 17.0 Å². The number of esters is 1. The fraction of sp³-hybridized carbons (Fsp3) is 0.125. The first-order valence-corrected chi connectivity index (χ1v) is 6.51. The standard InChI is InChI=1S/C16H13N3O2/c1-10-11(2)19-15-8-13(5-6-14(15)18-10)21-16(20)12-4-3-7-17-9-12/h3-9H,1-2H3. The molecule has 5 nitrogen and oxygen atoms in total. The van der Waals surface area contributed by atoms with Crippen molar-refractivity contribution in [2.75, 3.05) is 0 Å². The lowest BCUT2D eigenvalue weighted by molar-refractivity contribution is 0.0734. The molecule has 3 aromatic rings. The zero-order chi connectivity index (χ0) is 14.8. The van der Waals surface area contributed by atoms with Crippen molar-refractivity contribution in [1.82, 2.24) is 15.0 Å². The molecule has 0 saturated heterocycles. The number of hydrogen-bond acceptors (Lipinski definition) is 5. The molecule has 1 aromatic carbocycles. The van der Waals surface area contributed by atoms with Gasteiger partial charge in [0.15, 0.2) is 0 Å². The number of aromatic nitrogens is 3. The summed E-state index contributed by atoms with van der Waals surface area (Å²) in [5, 5.41) is 0. The smallest absolute Gasteiger partial charge is 0.345 e. The zero-order valence-electron chi connectivity index (χ0n) is 11.7. The Morgan fingerprint density at radius 3 is 2.52 bits per heavy atom. The van der Waals surface area contributed by atoms with E-state index in [0.717, 1.165) is 16.9 Å². The van der Waals surface area contributed by atoms with Gasteiger partial charge in [-0.05, 0) is 38.1 Å². The fourth-order valence-electron chi connectivity index (χ4n) is 1.92. The highest BCUT2D eigenvalue weighted by atomic mass is 16.5. The Balaban J connectivity index is 1.91. The van der Waals surface area contributed by atoms with Crippen LogP contribution >= 0.6 is 0 Å². The minimum atomic E-state index is -0.445. The molecule has 0 radical (unpaired) electrons. The summed E-state index contributed by atoms with van der Waals surface area (Å²) in [6, 6.07) is 8.56. The summed E-state index contributed by atoms with van der Waals surface area (Å²) in [5.74, 6) is -0.00634. The van der Waals surface area contributed by atoms with Gasteiger partial charge in [0.05, 0.1) is 28.0 Å². The van der Waals surface area contributed by atoms with E-state index in [9.17, 15) is 4.79 Å². The molecule has 0 saturated carbocycles. The minimum Gasteiger partial charge on any atom is -0.423 e. The molecule has 0 amide bonds. The second-order valence-corrected chi connectivity index (χ2v) is 4.68. The predicted molar refractivity (Wildman–Crippen MR) is 78.2 cm³/mol. The average molecular weight is 279 g/mol. The van der Waals surface area contributed by atoms with Gasteiger partial charge >= 0.3 is 5.97 Å². The van der Waals surface area contributed by atoms with Gasteiger partial charge < -0.3 is 4.74 Å². The van der Waals surface area contributed by atoms with Crippen LogP contribution < -0.4 is 4.74 Å². The number of nitrogens with zero attached hydrogens (tertiary/aromatic N) is 3. The van der Waals surface area contributed by atoms with E-state index in [1.165, 1.54) is 6.20 Å². The second-order valence-electron chi connectivity index (χ2n) is 4.68. The lowest BCUT2D eigenvalue weighted by Gasteiger charge is -2.06. The van der Waals surface area contributed by atoms with Crippen molar-refractivity contribution in [3.63, 3.8) is 0 Å². The fourth-order valence-corrected chi connectivity index (χ4v) is 1.92. The van der Waals surface area contributed by atoms with Crippen LogP contribution in [0.15, 0.2) is 42.7 Å². The Kier molecular flexibility index (Phi) is 3.31. The average Bonchev–Trinajstić information content (AvgIpc) is 2.49. The Morgan fingerprint density at radius 1 is 1.05 bits per heavy atom. The van der Waals surface area contributed by atoms with Crippen LogP contribution in [0.1, 0.15) is 21.7 Å². The van der Waals surface area contributed by atoms with Gasteiger partial charge in [-0.25, -0.2) is 14.8 Å². The monoisotopic (exact) mass is 279 g/mol. The van der Waals surface area contributed by atoms with Gasteiger partial charge in [-0.1, -0.05) is 0 Å². The van der Waals surface area contributed by atoms with Crippen LogP contribution in [0.2, 0.25) is 0 Å². The molecule has 0 aliphatic carbocycles. The number of benzene rings is 1. The van der Waals surface area contributed by atoms with Gasteiger partial charge in [0.2, 0.25) is 0 Å². The summed E-state index contributed by atoms with van der Waals surface area (Å²) in [6.45, 7) is 3.81. The van der Waals surface area contributed by atoms with Crippen LogP contribution in [0.3, 0.4) is 0 Å². The van der Waals surface area contributed by atoms with E-state index in [1.54, 1.807) is 36.5 Å². The van der Waals surface area contributed by atoms with Crippen molar-refractivity contribution in [3.05, 3.63) is 59.7 Å². The van der Waals surface area contributed by atoms with Crippen molar-refractivity contribution in [3.8, 4) is 5.75 Å². The molecule has 0 atom stereocenters.